The quantitative estimate of drug-likeness (QED) is 0.668. The summed E-state index contributed by atoms with van der Waals surface area (Å²) in [5, 5.41) is 10.3. The van der Waals surface area contributed by atoms with Crippen molar-refractivity contribution in [2.45, 2.75) is 6.54 Å². The van der Waals surface area contributed by atoms with Crippen LogP contribution in [0.1, 0.15) is 0 Å². The summed E-state index contributed by atoms with van der Waals surface area (Å²) in [6.45, 7) is 0.0132. The molecular formula is C16H14ClN5O2S. The first-order valence-corrected chi connectivity index (χ1v) is 8.06. The van der Waals surface area contributed by atoms with Gasteiger partial charge in [0.25, 0.3) is 0 Å². The summed E-state index contributed by atoms with van der Waals surface area (Å²) in [7, 11) is 1.53. The number of nitrogens with one attached hydrogen (secondary N) is 2. The Labute approximate surface area is 153 Å². The van der Waals surface area contributed by atoms with Crippen molar-refractivity contribution in [3.63, 3.8) is 0 Å². The molecular weight excluding hydrogens is 362 g/mol. The number of anilines is 1. The van der Waals surface area contributed by atoms with Gasteiger partial charge in [-0.15, -0.1) is 0 Å². The zero-order valence-corrected chi connectivity index (χ0v) is 14.8. The van der Waals surface area contributed by atoms with Crippen molar-refractivity contribution >= 4 is 35.4 Å². The minimum absolute atomic E-state index is 0.0132. The number of ether oxygens (including phenoxy) is 1. The molecule has 0 atom stereocenters. The van der Waals surface area contributed by atoms with Gasteiger partial charge in [-0.05, 0) is 42.5 Å². The zero-order chi connectivity index (χ0) is 17.8. The molecule has 128 valence electrons. The van der Waals surface area contributed by atoms with Gasteiger partial charge in [-0.25, -0.2) is 4.98 Å². The molecule has 0 saturated carbocycles. The smallest absolute Gasteiger partial charge is 0.244 e. The fourth-order valence-corrected chi connectivity index (χ4v) is 2.53. The average molecular weight is 376 g/mol. The van der Waals surface area contributed by atoms with Crippen LogP contribution >= 0.6 is 23.8 Å². The van der Waals surface area contributed by atoms with Gasteiger partial charge in [-0.3, -0.25) is 14.5 Å². The Morgan fingerprint density at radius 1 is 1.32 bits per heavy atom. The number of amides is 1. The number of nitrogens with zero attached hydrogens (tertiary/aromatic N) is 3. The fourth-order valence-electron chi connectivity index (χ4n) is 2.20. The Balaban J connectivity index is 1.78. The van der Waals surface area contributed by atoms with Crippen molar-refractivity contribution in [1.29, 1.82) is 0 Å². The third-order valence-electron chi connectivity index (χ3n) is 3.39. The van der Waals surface area contributed by atoms with E-state index in [1.807, 2.05) is 12.1 Å². The van der Waals surface area contributed by atoms with E-state index in [0.717, 1.165) is 5.56 Å². The number of carbonyl (C=O) groups excluding carboxylic acids is 1. The molecule has 0 aliphatic heterocycles. The molecule has 2 N–H and O–H groups in total. The maximum absolute atomic E-state index is 12.3. The summed E-state index contributed by atoms with van der Waals surface area (Å²) in [4.78, 5) is 16.4. The van der Waals surface area contributed by atoms with Crippen LogP contribution < -0.4 is 10.1 Å². The summed E-state index contributed by atoms with van der Waals surface area (Å²) >= 11 is 11.1. The molecule has 7 nitrogen and oxygen atoms in total. The van der Waals surface area contributed by atoms with Gasteiger partial charge in [0.2, 0.25) is 11.8 Å². The number of aromatic nitrogens is 4. The highest BCUT2D eigenvalue weighted by Gasteiger charge is 2.13. The minimum Gasteiger partial charge on any atom is -0.481 e. The van der Waals surface area contributed by atoms with Gasteiger partial charge in [0, 0.05) is 16.7 Å². The van der Waals surface area contributed by atoms with Crippen LogP contribution in [0.3, 0.4) is 0 Å². The Kier molecular flexibility index (Phi) is 5.11. The topological polar surface area (TPSA) is 84.8 Å². The van der Waals surface area contributed by atoms with Gasteiger partial charge in [0.1, 0.15) is 6.54 Å². The number of hydrogen-bond donors (Lipinski definition) is 2. The maximum Gasteiger partial charge on any atom is 0.244 e. The summed E-state index contributed by atoms with van der Waals surface area (Å²) in [6.07, 6.45) is 1.52. The molecule has 3 aromatic rings. The second-order valence-electron chi connectivity index (χ2n) is 5.08. The predicted octanol–water partition coefficient (Wildman–Crippen LogP) is 3.30. The van der Waals surface area contributed by atoms with Gasteiger partial charge in [-0.1, -0.05) is 11.6 Å². The van der Waals surface area contributed by atoms with Crippen molar-refractivity contribution < 1.29 is 9.53 Å². The number of aromatic amines is 1. The van der Waals surface area contributed by atoms with E-state index in [1.54, 1.807) is 28.8 Å². The molecule has 2 heterocycles. The first kappa shape index (κ1) is 17.1. The first-order chi connectivity index (χ1) is 12.1. The van der Waals surface area contributed by atoms with E-state index in [1.165, 1.54) is 13.3 Å². The van der Waals surface area contributed by atoms with Gasteiger partial charge >= 0.3 is 0 Å². The van der Waals surface area contributed by atoms with E-state index < -0.39 is 0 Å². The highest BCUT2D eigenvalue weighted by molar-refractivity contribution is 7.71. The molecule has 0 bridgehead atoms. The summed E-state index contributed by atoms with van der Waals surface area (Å²) in [5.41, 5.74) is 1.37. The zero-order valence-electron chi connectivity index (χ0n) is 13.2. The van der Waals surface area contributed by atoms with Crippen molar-refractivity contribution in [3.05, 3.63) is 52.4 Å². The molecule has 25 heavy (non-hydrogen) atoms. The second kappa shape index (κ2) is 7.45. The van der Waals surface area contributed by atoms with Crippen molar-refractivity contribution in [2.75, 3.05) is 12.4 Å². The Hall–Kier alpha value is -2.71. The minimum atomic E-state index is -0.250. The van der Waals surface area contributed by atoms with E-state index in [0.29, 0.717) is 27.2 Å². The molecule has 0 saturated heterocycles. The highest BCUT2D eigenvalue weighted by Crippen LogP contribution is 2.20. The van der Waals surface area contributed by atoms with E-state index in [9.17, 15) is 4.79 Å². The molecule has 3 rings (SSSR count). The molecule has 1 amide bonds. The number of methoxy groups -OCH3 is 1. The molecule has 0 aliphatic carbocycles. The van der Waals surface area contributed by atoms with Crippen molar-refractivity contribution in [3.8, 4) is 17.3 Å². The van der Waals surface area contributed by atoms with E-state index in [2.05, 4.69) is 20.5 Å². The van der Waals surface area contributed by atoms with Crippen LogP contribution in [-0.2, 0) is 11.3 Å². The normalized spacial score (nSPS) is 10.5. The number of pyridine rings is 1. The lowest BCUT2D eigenvalue weighted by molar-refractivity contribution is -0.116. The SMILES string of the molecule is COc1ccc(NC(=O)Cn2c(-c3ccc(Cl)cc3)n[nH]c2=S)cn1. The third-order valence-corrected chi connectivity index (χ3v) is 3.96. The second-order valence-corrected chi connectivity index (χ2v) is 5.91. The number of halogens is 1. The van der Waals surface area contributed by atoms with Crippen molar-refractivity contribution in [1.82, 2.24) is 19.7 Å². The van der Waals surface area contributed by atoms with E-state index >= 15 is 0 Å². The molecule has 1 aromatic carbocycles. The number of carbonyl (C=O) groups is 1. The van der Waals surface area contributed by atoms with Crippen LogP contribution in [-0.4, -0.2) is 32.8 Å². The summed E-state index contributed by atoms with van der Waals surface area (Å²) < 4.78 is 6.96. The summed E-state index contributed by atoms with van der Waals surface area (Å²) in [5.74, 6) is 0.782. The first-order valence-electron chi connectivity index (χ1n) is 7.28. The largest absolute Gasteiger partial charge is 0.481 e. The Morgan fingerprint density at radius 3 is 2.72 bits per heavy atom. The van der Waals surface area contributed by atoms with Crippen LogP contribution in [0.25, 0.3) is 11.4 Å². The van der Waals surface area contributed by atoms with Crippen LogP contribution in [0.15, 0.2) is 42.6 Å². The molecule has 2 aromatic heterocycles. The van der Waals surface area contributed by atoms with Crippen LogP contribution in [0.5, 0.6) is 5.88 Å². The third kappa shape index (κ3) is 4.04. The lowest BCUT2D eigenvalue weighted by Crippen LogP contribution is -2.19. The van der Waals surface area contributed by atoms with E-state index in [4.69, 9.17) is 28.6 Å². The standard InChI is InChI=1S/C16H14ClN5O2S/c1-24-14-7-6-12(8-18-14)19-13(23)9-22-15(20-21-16(22)25)10-2-4-11(17)5-3-10/h2-8H,9H2,1H3,(H,19,23)(H,21,25). The molecule has 0 aliphatic rings. The molecule has 0 unspecified atom stereocenters. The Morgan fingerprint density at radius 2 is 2.08 bits per heavy atom. The molecule has 0 spiro atoms. The Bertz CT molecular complexity index is 934. The predicted molar refractivity (Wildman–Crippen MR) is 97.3 cm³/mol. The lowest BCUT2D eigenvalue weighted by Gasteiger charge is -2.08. The molecule has 0 fully saturated rings. The van der Waals surface area contributed by atoms with Crippen LogP contribution in [0.4, 0.5) is 5.69 Å². The molecule has 9 heteroatoms. The van der Waals surface area contributed by atoms with Gasteiger partial charge in [0.05, 0.1) is 19.0 Å². The van der Waals surface area contributed by atoms with Crippen LogP contribution in [0.2, 0.25) is 5.02 Å². The van der Waals surface area contributed by atoms with E-state index in [-0.39, 0.29) is 12.5 Å². The maximum atomic E-state index is 12.3. The summed E-state index contributed by atoms with van der Waals surface area (Å²) in [6, 6.07) is 10.5. The van der Waals surface area contributed by atoms with Gasteiger partial charge in [-0.2, -0.15) is 5.10 Å². The number of benzene rings is 1. The molecule has 0 radical (unpaired) electrons. The lowest BCUT2D eigenvalue weighted by atomic mass is 10.2. The van der Waals surface area contributed by atoms with Crippen LogP contribution in [0, 0.1) is 4.77 Å². The highest BCUT2D eigenvalue weighted by atomic mass is 35.5. The van der Waals surface area contributed by atoms with Gasteiger partial charge in [0.15, 0.2) is 10.6 Å². The monoisotopic (exact) mass is 375 g/mol. The van der Waals surface area contributed by atoms with Gasteiger partial charge < -0.3 is 10.1 Å². The number of H-pyrrole nitrogens is 1. The average Bonchev–Trinajstić information content (AvgIpc) is 2.97. The number of rotatable bonds is 5. The number of hydrogen-bond acceptors (Lipinski definition) is 5. The van der Waals surface area contributed by atoms with Crippen molar-refractivity contribution in [2.24, 2.45) is 0 Å². The fraction of sp³-hybridized carbons (Fsp3) is 0.125.